The summed E-state index contributed by atoms with van der Waals surface area (Å²) in [4.78, 5) is 58.5. The van der Waals surface area contributed by atoms with Crippen LogP contribution in [0, 0.1) is 12.8 Å². The van der Waals surface area contributed by atoms with E-state index in [0.717, 1.165) is 0 Å². The summed E-state index contributed by atoms with van der Waals surface area (Å²) in [5.74, 6) is -0.250. The zero-order chi connectivity index (χ0) is 21.3. The quantitative estimate of drug-likeness (QED) is 0.762. The maximum Gasteiger partial charge on any atom is 0.327 e. The van der Waals surface area contributed by atoms with Crippen LogP contribution >= 0.6 is 0 Å². The van der Waals surface area contributed by atoms with E-state index < -0.39 is 11.1 Å². The molecule has 1 N–H and O–H groups in total. The van der Waals surface area contributed by atoms with Crippen molar-refractivity contribution < 1.29 is 14.4 Å². The Hall–Kier alpha value is -2.64. The molecule has 158 valence electrons. The highest BCUT2D eigenvalue weighted by Gasteiger charge is 2.57. The molecule has 29 heavy (non-hydrogen) atoms. The third-order valence-corrected chi connectivity index (χ3v) is 5.78. The Morgan fingerprint density at radius 1 is 1.17 bits per heavy atom. The highest BCUT2D eigenvalue weighted by Crippen LogP contribution is 2.38. The molecule has 1 spiro atoms. The maximum absolute atomic E-state index is 13.2. The Labute approximate surface area is 170 Å². The van der Waals surface area contributed by atoms with E-state index in [1.54, 1.807) is 28.9 Å². The highest BCUT2D eigenvalue weighted by atomic mass is 16.2. The van der Waals surface area contributed by atoms with E-state index in [1.165, 1.54) is 4.90 Å². The number of hydrogen-bond acceptors (Lipinski definition) is 4. The van der Waals surface area contributed by atoms with Gasteiger partial charge >= 0.3 is 6.03 Å². The number of rotatable bonds is 5. The third-order valence-electron chi connectivity index (χ3n) is 5.78. The van der Waals surface area contributed by atoms with Crippen LogP contribution in [-0.2, 0) is 4.79 Å². The van der Waals surface area contributed by atoms with Gasteiger partial charge in [-0.25, -0.2) is 4.79 Å². The topological polar surface area (TPSA) is 93.8 Å². The van der Waals surface area contributed by atoms with Crippen molar-refractivity contribution in [3.63, 3.8) is 0 Å². The Morgan fingerprint density at radius 3 is 2.38 bits per heavy atom. The van der Waals surface area contributed by atoms with Gasteiger partial charge in [0.1, 0.15) is 11.1 Å². The molecular weight excluding hydrogens is 372 g/mol. The van der Waals surface area contributed by atoms with Crippen LogP contribution in [0.15, 0.2) is 16.9 Å². The van der Waals surface area contributed by atoms with E-state index in [-0.39, 0.29) is 29.3 Å². The maximum atomic E-state index is 13.2. The molecule has 0 atom stereocenters. The molecular formula is C21H30N4O4. The van der Waals surface area contributed by atoms with Gasteiger partial charge in [0.05, 0.1) is 0 Å². The molecule has 0 unspecified atom stereocenters. The Morgan fingerprint density at radius 2 is 1.83 bits per heavy atom. The number of H-pyrrole nitrogens is 1. The number of nitrogens with one attached hydrogen (secondary N) is 1. The summed E-state index contributed by atoms with van der Waals surface area (Å²) in [7, 11) is 0. The number of imide groups is 1. The predicted octanol–water partition coefficient (Wildman–Crippen LogP) is 1.99. The van der Waals surface area contributed by atoms with E-state index in [0.29, 0.717) is 51.1 Å². The highest BCUT2D eigenvalue weighted by molar-refractivity contribution is 6.07. The lowest BCUT2D eigenvalue weighted by Crippen LogP contribution is -2.58. The van der Waals surface area contributed by atoms with Crippen molar-refractivity contribution >= 4 is 17.8 Å². The lowest BCUT2D eigenvalue weighted by Gasteiger charge is -2.42. The van der Waals surface area contributed by atoms with Crippen molar-refractivity contribution in [2.24, 2.45) is 5.92 Å². The number of urea groups is 1. The largest absolute Gasteiger partial charge is 0.338 e. The summed E-state index contributed by atoms with van der Waals surface area (Å²) in [6, 6.07) is 3.02. The number of likely N-dealkylation sites (tertiary alicyclic amines) is 1. The Bertz CT molecular complexity index is 868. The molecule has 3 rings (SSSR count). The van der Waals surface area contributed by atoms with Crippen molar-refractivity contribution in [3.8, 4) is 0 Å². The summed E-state index contributed by atoms with van der Waals surface area (Å²) in [6.07, 6.45) is 1.49. The summed E-state index contributed by atoms with van der Waals surface area (Å²) in [5, 5.41) is 0. The first-order valence-electron chi connectivity index (χ1n) is 10.3. The molecule has 1 aromatic rings. The van der Waals surface area contributed by atoms with Crippen molar-refractivity contribution in [1.29, 1.82) is 0 Å². The lowest BCUT2D eigenvalue weighted by atomic mass is 9.85. The number of aromatic amines is 1. The van der Waals surface area contributed by atoms with Gasteiger partial charge in [0.15, 0.2) is 0 Å². The smallest absolute Gasteiger partial charge is 0.327 e. The van der Waals surface area contributed by atoms with E-state index in [2.05, 4.69) is 4.98 Å². The second-order valence-electron chi connectivity index (χ2n) is 8.45. The van der Waals surface area contributed by atoms with Crippen LogP contribution in [0.2, 0.25) is 0 Å². The summed E-state index contributed by atoms with van der Waals surface area (Å²) in [5.41, 5.74) is -0.489. The average molecular weight is 402 g/mol. The number of carbonyl (C=O) groups excluding carboxylic acids is 3. The Balaban J connectivity index is 1.82. The van der Waals surface area contributed by atoms with Crippen LogP contribution in [0.3, 0.4) is 0 Å². The number of hydrogen-bond donors (Lipinski definition) is 1. The minimum absolute atomic E-state index is 0.104. The van der Waals surface area contributed by atoms with Gasteiger partial charge in [0.25, 0.3) is 17.4 Å². The number of amides is 4. The van der Waals surface area contributed by atoms with Gasteiger partial charge in [-0.05, 0) is 44.2 Å². The second kappa shape index (κ2) is 8.00. The SMILES string of the molecule is CCCN1C(=O)N(CC(C)C)C2(CCN(C(=O)c3ccc(C)[nH]c3=O)CC2)C1=O. The summed E-state index contributed by atoms with van der Waals surface area (Å²) < 4.78 is 0. The minimum Gasteiger partial charge on any atom is -0.338 e. The zero-order valence-electron chi connectivity index (χ0n) is 17.7. The van der Waals surface area contributed by atoms with Crippen LogP contribution in [-0.4, -0.2) is 69.2 Å². The molecule has 2 fully saturated rings. The fraction of sp³-hybridized carbons (Fsp3) is 0.619. The monoisotopic (exact) mass is 402 g/mol. The first-order valence-corrected chi connectivity index (χ1v) is 10.3. The fourth-order valence-corrected chi connectivity index (χ4v) is 4.30. The van der Waals surface area contributed by atoms with Gasteiger partial charge in [-0.15, -0.1) is 0 Å². The molecule has 0 radical (unpaired) electrons. The molecule has 2 saturated heterocycles. The van der Waals surface area contributed by atoms with Gasteiger partial charge in [0.2, 0.25) is 0 Å². The van der Waals surface area contributed by atoms with Crippen LogP contribution in [0.4, 0.5) is 4.79 Å². The normalized spacial score (nSPS) is 19.0. The van der Waals surface area contributed by atoms with Gasteiger partial charge in [0, 0.05) is 31.9 Å². The molecule has 0 bridgehead atoms. The molecule has 8 heteroatoms. The van der Waals surface area contributed by atoms with E-state index >= 15 is 0 Å². The first kappa shape index (κ1) is 21.1. The minimum atomic E-state index is -0.882. The van der Waals surface area contributed by atoms with Gasteiger partial charge in [-0.1, -0.05) is 20.8 Å². The van der Waals surface area contributed by atoms with Gasteiger partial charge < -0.3 is 14.8 Å². The summed E-state index contributed by atoms with van der Waals surface area (Å²) in [6.45, 7) is 9.34. The summed E-state index contributed by atoms with van der Waals surface area (Å²) >= 11 is 0. The number of carbonyl (C=O) groups is 3. The molecule has 8 nitrogen and oxygen atoms in total. The zero-order valence-corrected chi connectivity index (χ0v) is 17.7. The van der Waals surface area contributed by atoms with Crippen molar-refractivity contribution in [1.82, 2.24) is 19.7 Å². The standard InChI is InChI=1S/C21H30N4O4/c1-5-10-24-19(28)21(25(20(24)29)13-14(2)3)8-11-23(12-9-21)18(27)16-7-6-15(4)22-17(16)26/h6-7,14H,5,8-13H2,1-4H3,(H,22,26). The molecule has 4 amide bonds. The molecule has 1 aromatic heterocycles. The third kappa shape index (κ3) is 3.68. The van der Waals surface area contributed by atoms with E-state index in [9.17, 15) is 19.2 Å². The van der Waals surface area contributed by atoms with Crippen LogP contribution in [0.25, 0.3) is 0 Å². The van der Waals surface area contributed by atoms with E-state index in [1.807, 2.05) is 20.8 Å². The number of pyridine rings is 1. The Kier molecular flexibility index (Phi) is 5.82. The molecule has 0 aliphatic carbocycles. The molecule has 0 aromatic carbocycles. The molecule has 0 saturated carbocycles. The van der Waals surface area contributed by atoms with Gasteiger partial charge in [-0.3, -0.25) is 19.3 Å². The van der Waals surface area contributed by atoms with Crippen molar-refractivity contribution in [3.05, 3.63) is 33.7 Å². The molecule has 2 aliphatic rings. The van der Waals surface area contributed by atoms with Crippen LogP contribution in [0.5, 0.6) is 0 Å². The van der Waals surface area contributed by atoms with Crippen LogP contribution in [0.1, 0.15) is 56.1 Å². The molecule has 3 heterocycles. The number of aryl methyl sites for hydroxylation is 1. The van der Waals surface area contributed by atoms with Crippen molar-refractivity contribution in [2.75, 3.05) is 26.2 Å². The van der Waals surface area contributed by atoms with Gasteiger partial charge in [-0.2, -0.15) is 0 Å². The average Bonchev–Trinajstić information content (AvgIpc) is 2.85. The first-order chi connectivity index (χ1) is 13.7. The predicted molar refractivity (Wildman–Crippen MR) is 109 cm³/mol. The second-order valence-corrected chi connectivity index (χ2v) is 8.45. The van der Waals surface area contributed by atoms with Crippen molar-refractivity contribution in [2.45, 2.75) is 52.5 Å². The number of piperidine rings is 1. The number of aromatic nitrogens is 1. The van der Waals surface area contributed by atoms with Crippen LogP contribution < -0.4 is 5.56 Å². The fourth-order valence-electron chi connectivity index (χ4n) is 4.30. The number of nitrogens with zero attached hydrogens (tertiary/aromatic N) is 3. The lowest BCUT2D eigenvalue weighted by molar-refractivity contribution is -0.135. The van der Waals surface area contributed by atoms with E-state index in [4.69, 9.17) is 0 Å². The molecule has 2 aliphatic heterocycles.